The summed E-state index contributed by atoms with van der Waals surface area (Å²) in [7, 11) is 1.67. The summed E-state index contributed by atoms with van der Waals surface area (Å²) in [5.74, 6) is 0. The molecule has 1 saturated heterocycles. The topological polar surface area (TPSA) is 54.3 Å². The van der Waals surface area contributed by atoms with Crippen molar-refractivity contribution in [1.29, 1.82) is 0 Å². The number of hydrogen-bond donors (Lipinski definition) is 1. The summed E-state index contributed by atoms with van der Waals surface area (Å²) in [6, 6.07) is 10.5. The van der Waals surface area contributed by atoms with Crippen molar-refractivity contribution in [2.75, 3.05) is 11.9 Å². The van der Waals surface area contributed by atoms with Gasteiger partial charge < -0.3 is 14.8 Å². The molecule has 0 bridgehead atoms. The highest BCUT2D eigenvalue weighted by molar-refractivity contribution is 6.30. The van der Waals surface area contributed by atoms with Crippen molar-refractivity contribution in [1.82, 2.24) is 9.47 Å². The van der Waals surface area contributed by atoms with Crippen LogP contribution in [0.1, 0.15) is 18.0 Å². The van der Waals surface area contributed by atoms with Gasteiger partial charge in [0.25, 0.3) is 5.56 Å². The van der Waals surface area contributed by atoms with Crippen LogP contribution < -0.4 is 10.9 Å². The molecule has 0 radical (unpaired) electrons. The summed E-state index contributed by atoms with van der Waals surface area (Å²) in [6.07, 6.45) is 2.55. The van der Waals surface area contributed by atoms with Gasteiger partial charge in [-0.2, -0.15) is 0 Å². The highest BCUT2D eigenvalue weighted by atomic mass is 35.5. The fourth-order valence-electron chi connectivity index (χ4n) is 2.48. The van der Waals surface area contributed by atoms with E-state index in [-0.39, 0.29) is 17.6 Å². The van der Waals surface area contributed by atoms with Crippen LogP contribution in [0.5, 0.6) is 0 Å². The first-order valence-electron chi connectivity index (χ1n) is 7.04. The third-order valence-corrected chi connectivity index (χ3v) is 4.14. The van der Waals surface area contributed by atoms with E-state index in [4.69, 9.17) is 11.6 Å². The average molecular weight is 318 g/mol. The molecular weight excluding hydrogens is 302 g/mol. The molecule has 5 nitrogen and oxygen atoms in total. The Balaban J connectivity index is 1.71. The number of amides is 2. The van der Waals surface area contributed by atoms with Crippen LogP contribution in [0.3, 0.4) is 0 Å². The van der Waals surface area contributed by atoms with Crippen LogP contribution in [0, 0.1) is 0 Å². The number of benzene rings is 1. The molecule has 1 atom stereocenters. The van der Waals surface area contributed by atoms with Gasteiger partial charge in [-0.25, -0.2) is 4.79 Å². The Morgan fingerprint density at radius 3 is 2.59 bits per heavy atom. The quantitative estimate of drug-likeness (QED) is 0.925. The van der Waals surface area contributed by atoms with Crippen LogP contribution in [0.25, 0.3) is 0 Å². The summed E-state index contributed by atoms with van der Waals surface area (Å²) in [5, 5.41) is 3.45. The van der Waals surface area contributed by atoms with Crippen LogP contribution in [0.4, 0.5) is 10.5 Å². The first-order chi connectivity index (χ1) is 10.5. The Labute approximate surface area is 133 Å². The van der Waals surface area contributed by atoms with Gasteiger partial charge in [0, 0.05) is 36.6 Å². The SMILES string of the molecule is Cn1ccc(NC(=O)N2CCC2c2ccc(Cl)cc2)cc1=O. The number of nitrogens with one attached hydrogen (secondary N) is 1. The molecule has 1 unspecified atom stereocenters. The van der Waals surface area contributed by atoms with Gasteiger partial charge in [-0.05, 0) is 30.2 Å². The lowest BCUT2D eigenvalue weighted by atomic mass is 9.95. The third-order valence-electron chi connectivity index (χ3n) is 3.89. The zero-order valence-corrected chi connectivity index (χ0v) is 12.9. The third kappa shape index (κ3) is 2.85. The molecule has 1 aliphatic rings. The molecule has 0 saturated carbocycles. The van der Waals surface area contributed by atoms with Crippen molar-refractivity contribution in [3.8, 4) is 0 Å². The molecule has 114 valence electrons. The standard InChI is InChI=1S/C16H16ClN3O2/c1-19-8-6-13(10-15(19)21)18-16(22)20-9-7-14(20)11-2-4-12(17)5-3-11/h2-6,8,10,14H,7,9H2,1H3,(H,18,22). The van der Waals surface area contributed by atoms with E-state index in [2.05, 4.69) is 5.32 Å². The Bertz CT molecular complexity index is 755. The second kappa shape index (κ2) is 5.85. The van der Waals surface area contributed by atoms with Crippen LogP contribution in [0.15, 0.2) is 47.4 Å². The average Bonchev–Trinajstić information content (AvgIpc) is 2.44. The second-order valence-electron chi connectivity index (χ2n) is 5.34. The van der Waals surface area contributed by atoms with E-state index in [0.717, 1.165) is 12.0 Å². The Hall–Kier alpha value is -2.27. The number of nitrogens with zero attached hydrogens (tertiary/aromatic N) is 2. The molecule has 2 aromatic rings. The first-order valence-corrected chi connectivity index (χ1v) is 7.42. The number of carbonyl (C=O) groups excluding carboxylic acids is 1. The van der Waals surface area contributed by atoms with E-state index >= 15 is 0 Å². The van der Waals surface area contributed by atoms with Crippen molar-refractivity contribution in [2.24, 2.45) is 7.05 Å². The number of anilines is 1. The molecule has 6 heteroatoms. The molecule has 1 aromatic carbocycles. The highest BCUT2D eigenvalue weighted by Crippen LogP contribution is 2.34. The van der Waals surface area contributed by atoms with E-state index in [0.29, 0.717) is 17.3 Å². The Morgan fingerprint density at radius 1 is 1.27 bits per heavy atom. The number of aryl methyl sites for hydroxylation is 1. The van der Waals surface area contributed by atoms with E-state index in [9.17, 15) is 9.59 Å². The number of urea groups is 1. The van der Waals surface area contributed by atoms with E-state index in [1.54, 1.807) is 24.2 Å². The van der Waals surface area contributed by atoms with Gasteiger partial charge in [-0.3, -0.25) is 4.79 Å². The largest absolute Gasteiger partial charge is 0.322 e. The summed E-state index contributed by atoms with van der Waals surface area (Å²) in [4.78, 5) is 25.7. The molecule has 22 heavy (non-hydrogen) atoms. The smallest absolute Gasteiger partial charge is 0.318 e. The van der Waals surface area contributed by atoms with Crippen LogP contribution in [-0.2, 0) is 7.05 Å². The van der Waals surface area contributed by atoms with E-state index < -0.39 is 0 Å². The maximum Gasteiger partial charge on any atom is 0.322 e. The van der Waals surface area contributed by atoms with Gasteiger partial charge in [0.1, 0.15) is 0 Å². The molecule has 1 fully saturated rings. The Morgan fingerprint density at radius 2 is 2.00 bits per heavy atom. The maximum atomic E-state index is 12.3. The van der Waals surface area contributed by atoms with Crippen LogP contribution in [-0.4, -0.2) is 22.0 Å². The predicted octanol–water partition coefficient (Wildman–Crippen LogP) is 3.02. The summed E-state index contributed by atoms with van der Waals surface area (Å²) >= 11 is 5.89. The monoisotopic (exact) mass is 317 g/mol. The highest BCUT2D eigenvalue weighted by Gasteiger charge is 2.33. The summed E-state index contributed by atoms with van der Waals surface area (Å²) in [5.41, 5.74) is 1.42. The molecule has 2 amide bonds. The van der Waals surface area contributed by atoms with Crippen molar-refractivity contribution in [2.45, 2.75) is 12.5 Å². The number of hydrogen-bond acceptors (Lipinski definition) is 2. The molecule has 1 N–H and O–H groups in total. The van der Waals surface area contributed by atoms with Gasteiger partial charge in [-0.15, -0.1) is 0 Å². The molecule has 3 rings (SSSR count). The predicted molar refractivity (Wildman–Crippen MR) is 86.2 cm³/mol. The minimum atomic E-state index is -0.195. The number of likely N-dealkylation sites (tertiary alicyclic amines) is 1. The number of halogens is 1. The molecule has 0 aliphatic carbocycles. The number of rotatable bonds is 2. The molecule has 1 aliphatic heterocycles. The van der Waals surface area contributed by atoms with Gasteiger partial charge in [0.05, 0.1) is 6.04 Å². The van der Waals surface area contributed by atoms with Gasteiger partial charge >= 0.3 is 6.03 Å². The zero-order valence-electron chi connectivity index (χ0n) is 12.1. The second-order valence-corrected chi connectivity index (χ2v) is 5.78. The lowest BCUT2D eigenvalue weighted by Gasteiger charge is -2.41. The van der Waals surface area contributed by atoms with Gasteiger partial charge in [0.15, 0.2) is 0 Å². The first kappa shape index (κ1) is 14.7. The minimum absolute atomic E-state index is 0.0591. The summed E-state index contributed by atoms with van der Waals surface area (Å²) in [6.45, 7) is 0.698. The van der Waals surface area contributed by atoms with E-state index in [1.807, 2.05) is 24.3 Å². The Kier molecular flexibility index (Phi) is 3.90. The molecule has 2 heterocycles. The van der Waals surface area contributed by atoms with Crippen molar-refractivity contribution in [3.05, 3.63) is 63.5 Å². The number of pyridine rings is 1. The normalized spacial score (nSPS) is 17.0. The fraction of sp³-hybridized carbons (Fsp3) is 0.250. The lowest BCUT2D eigenvalue weighted by Crippen LogP contribution is -2.47. The minimum Gasteiger partial charge on any atom is -0.318 e. The fourth-order valence-corrected chi connectivity index (χ4v) is 2.61. The van der Waals surface area contributed by atoms with Gasteiger partial charge in [0.2, 0.25) is 0 Å². The lowest BCUT2D eigenvalue weighted by molar-refractivity contribution is 0.126. The van der Waals surface area contributed by atoms with E-state index in [1.165, 1.54) is 10.6 Å². The molecule has 0 spiro atoms. The van der Waals surface area contributed by atoms with Crippen molar-refractivity contribution >= 4 is 23.3 Å². The van der Waals surface area contributed by atoms with Gasteiger partial charge in [-0.1, -0.05) is 23.7 Å². The zero-order chi connectivity index (χ0) is 15.7. The summed E-state index contributed by atoms with van der Waals surface area (Å²) < 4.78 is 1.45. The number of carbonyl (C=O) groups is 1. The number of aromatic nitrogens is 1. The maximum absolute atomic E-state index is 12.3. The van der Waals surface area contributed by atoms with Crippen LogP contribution in [0.2, 0.25) is 5.02 Å². The molecule has 1 aromatic heterocycles. The van der Waals surface area contributed by atoms with Crippen molar-refractivity contribution < 1.29 is 4.79 Å². The van der Waals surface area contributed by atoms with Crippen LogP contribution >= 0.6 is 11.6 Å². The van der Waals surface area contributed by atoms with Crippen molar-refractivity contribution in [3.63, 3.8) is 0 Å². The molecular formula is C16H16ClN3O2.